The Labute approximate surface area is 123 Å². The minimum Gasteiger partial charge on any atom is -0.325 e. The van der Waals surface area contributed by atoms with Crippen molar-refractivity contribution in [2.45, 2.75) is 30.9 Å². The highest BCUT2D eigenvalue weighted by molar-refractivity contribution is 8.01. The molecule has 1 aliphatic rings. The molecule has 1 saturated heterocycles. The molecule has 19 heavy (non-hydrogen) atoms. The van der Waals surface area contributed by atoms with Gasteiger partial charge in [-0.25, -0.2) is 0 Å². The van der Waals surface area contributed by atoms with Crippen molar-refractivity contribution in [3.8, 4) is 0 Å². The van der Waals surface area contributed by atoms with Gasteiger partial charge in [0.2, 0.25) is 5.91 Å². The summed E-state index contributed by atoms with van der Waals surface area (Å²) in [5, 5.41) is 0.163. The lowest BCUT2D eigenvalue weighted by atomic mass is 10.2. The Kier molecular flexibility index (Phi) is 4.79. The summed E-state index contributed by atoms with van der Waals surface area (Å²) in [4.78, 5) is 18.0. The monoisotopic (exact) mass is 296 g/mol. The van der Waals surface area contributed by atoms with Gasteiger partial charge in [0, 0.05) is 29.4 Å². The molecule has 1 aromatic heterocycles. The number of thioether (sulfide) groups is 2. The number of hydrogen-bond acceptors (Lipinski definition) is 4. The molecule has 0 aromatic carbocycles. The van der Waals surface area contributed by atoms with E-state index in [4.69, 9.17) is 0 Å². The quantitative estimate of drug-likeness (QED) is 0.854. The maximum Gasteiger partial charge on any atom is 0.233 e. The SMILES string of the molecule is CC(C)(C)SCCN1C(=O)CSC1c1ccncc1. The third kappa shape index (κ3) is 4.14. The number of carbonyl (C=O) groups is 1. The Morgan fingerprint density at radius 2 is 2.11 bits per heavy atom. The molecule has 2 rings (SSSR count). The molecule has 1 unspecified atom stereocenters. The molecule has 0 radical (unpaired) electrons. The van der Waals surface area contributed by atoms with Crippen LogP contribution in [0.2, 0.25) is 0 Å². The molecule has 1 atom stereocenters. The zero-order valence-electron chi connectivity index (χ0n) is 11.6. The molecule has 1 fully saturated rings. The van der Waals surface area contributed by atoms with Gasteiger partial charge in [-0.15, -0.1) is 11.8 Å². The highest BCUT2D eigenvalue weighted by Crippen LogP contribution is 2.38. The Bertz CT molecular complexity index is 431. The Morgan fingerprint density at radius 1 is 1.42 bits per heavy atom. The minimum atomic E-state index is 0.163. The van der Waals surface area contributed by atoms with E-state index in [0.29, 0.717) is 5.75 Å². The number of carbonyl (C=O) groups excluding carboxylic acids is 1. The second-order valence-electron chi connectivity index (χ2n) is 5.49. The van der Waals surface area contributed by atoms with Gasteiger partial charge in [-0.2, -0.15) is 11.8 Å². The summed E-state index contributed by atoms with van der Waals surface area (Å²) < 4.78 is 0.252. The molecule has 0 aliphatic carbocycles. The normalized spacial score (nSPS) is 20.1. The van der Waals surface area contributed by atoms with Crippen molar-refractivity contribution in [3.05, 3.63) is 30.1 Å². The third-order valence-electron chi connectivity index (χ3n) is 2.83. The molecule has 3 nitrogen and oxygen atoms in total. The molecule has 1 aliphatic heterocycles. The van der Waals surface area contributed by atoms with Crippen molar-refractivity contribution < 1.29 is 4.79 Å². The van der Waals surface area contributed by atoms with Crippen LogP contribution in [0.1, 0.15) is 31.7 Å². The smallest absolute Gasteiger partial charge is 0.233 e. The van der Waals surface area contributed by atoms with Gasteiger partial charge in [-0.1, -0.05) is 20.8 Å². The molecule has 0 spiro atoms. The summed E-state index contributed by atoms with van der Waals surface area (Å²) in [5.74, 6) is 1.83. The number of rotatable bonds is 4. The van der Waals surface area contributed by atoms with E-state index < -0.39 is 0 Å². The predicted octanol–water partition coefficient (Wildman–Crippen LogP) is 3.19. The van der Waals surface area contributed by atoms with E-state index >= 15 is 0 Å². The van der Waals surface area contributed by atoms with Gasteiger partial charge < -0.3 is 4.90 Å². The molecule has 5 heteroatoms. The van der Waals surface area contributed by atoms with Crippen molar-refractivity contribution in [2.75, 3.05) is 18.1 Å². The van der Waals surface area contributed by atoms with Crippen molar-refractivity contribution >= 4 is 29.4 Å². The lowest BCUT2D eigenvalue weighted by Crippen LogP contribution is -2.31. The molecule has 0 N–H and O–H groups in total. The van der Waals surface area contributed by atoms with E-state index in [1.54, 1.807) is 24.2 Å². The lowest BCUT2D eigenvalue weighted by Gasteiger charge is -2.26. The number of aromatic nitrogens is 1. The highest BCUT2D eigenvalue weighted by Gasteiger charge is 2.32. The van der Waals surface area contributed by atoms with Crippen molar-refractivity contribution in [3.63, 3.8) is 0 Å². The summed E-state index contributed by atoms with van der Waals surface area (Å²) in [6.45, 7) is 7.44. The van der Waals surface area contributed by atoms with Crippen LogP contribution in [0, 0.1) is 0 Å². The average Bonchev–Trinajstić information content (AvgIpc) is 2.71. The summed E-state index contributed by atoms with van der Waals surface area (Å²) in [5.41, 5.74) is 1.17. The van der Waals surface area contributed by atoms with E-state index in [0.717, 1.165) is 12.3 Å². The molecule has 2 heterocycles. The zero-order valence-corrected chi connectivity index (χ0v) is 13.3. The van der Waals surface area contributed by atoms with E-state index in [9.17, 15) is 4.79 Å². The molecule has 1 aromatic rings. The molecule has 1 amide bonds. The first-order valence-corrected chi connectivity index (χ1v) is 8.46. The fourth-order valence-electron chi connectivity index (χ4n) is 1.95. The van der Waals surface area contributed by atoms with Crippen molar-refractivity contribution in [1.29, 1.82) is 0 Å². The average molecular weight is 296 g/mol. The van der Waals surface area contributed by atoms with Crippen LogP contribution in [0.5, 0.6) is 0 Å². The third-order valence-corrected chi connectivity index (χ3v) is 5.34. The fourth-order valence-corrected chi connectivity index (χ4v) is 4.07. The van der Waals surface area contributed by atoms with Gasteiger partial charge in [0.1, 0.15) is 5.37 Å². The Balaban J connectivity index is 1.98. The maximum atomic E-state index is 12.0. The molecule has 104 valence electrons. The first-order valence-electron chi connectivity index (χ1n) is 6.42. The first-order chi connectivity index (χ1) is 8.97. The van der Waals surface area contributed by atoms with Crippen molar-refractivity contribution in [2.24, 2.45) is 0 Å². The summed E-state index contributed by atoms with van der Waals surface area (Å²) in [7, 11) is 0. The first kappa shape index (κ1) is 14.7. The van der Waals surface area contributed by atoms with Gasteiger partial charge in [-0.3, -0.25) is 9.78 Å². The van der Waals surface area contributed by atoms with Gasteiger partial charge in [0.05, 0.1) is 5.75 Å². The van der Waals surface area contributed by atoms with Gasteiger partial charge in [-0.05, 0) is 17.7 Å². The zero-order chi connectivity index (χ0) is 13.9. The van der Waals surface area contributed by atoms with Crippen LogP contribution in [0.3, 0.4) is 0 Å². The van der Waals surface area contributed by atoms with Crippen molar-refractivity contribution in [1.82, 2.24) is 9.88 Å². The maximum absolute atomic E-state index is 12.0. The van der Waals surface area contributed by atoms with Crippen LogP contribution < -0.4 is 0 Å². The molecular formula is C14H20N2OS2. The summed E-state index contributed by atoms with van der Waals surface area (Å²) in [6, 6.07) is 4.00. The second kappa shape index (κ2) is 6.18. The lowest BCUT2D eigenvalue weighted by molar-refractivity contribution is -0.127. The predicted molar refractivity (Wildman–Crippen MR) is 83.4 cm³/mol. The molecular weight excluding hydrogens is 276 g/mol. The number of pyridine rings is 1. The van der Waals surface area contributed by atoms with Crippen LogP contribution in [0.25, 0.3) is 0 Å². The number of amides is 1. The largest absolute Gasteiger partial charge is 0.325 e. The fraction of sp³-hybridized carbons (Fsp3) is 0.571. The molecule has 0 saturated carbocycles. The van der Waals surface area contributed by atoms with Gasteiger partial charge in [0.25, 0.3) is 0 Å². The van der Waals surface area contributed by atoms with Gasteiger partial charge >= 0.3 is 0 Å². The topological polar surface area (TPSA) is 33.2 Å². The second-order valence-corrected chi connectivity index (χ2v) is 8.48. The van der Waals surface area contributed by atoms with Crippen LogP contribution >= 0.6 is 23.5 Å². The summed E-state index contributed by atoms with van der Waals surface area (Å²) in [6.07, 6.45) is 3.58. The number of nitrogens with zero attached hydrogens (tertiary/aromatic N) is 2. The van der Waals surface area contributed by atoms with E-state index in [1.807, 2.05) is 28.8 Å². The van der Waals surface area contributed by atoms with Crippen LogP contribution in [0.15, 0.2) is 24.5 Å². The van der Waals surface area contributed by atoms with Gasteiger partial charge in [0.15, 0.2) is 0 Å². The van der Waals surface area contributed by atoms with Crippen LogP contribution in [-0.2, 0) is 4.79 Å². The Hall–Kier alpha value is -0.680. The summed E-state index contributed by atoms with van der Waals surface area (Å²) >= 11 is 3.61. The standard InChI is InChI=1S/C14H20N2OS2/c1-14(2,3)19-9-8-16-12(17)10-18-13(16)11-4-6-15-7-5-11/h4-7,13H,8-10H2,1-3H3. The van der Waals surface area contributed by atoms with Crippen LogP contribution in [0.4, 0.5) is 0 Å². The van der Waals surface area contributed by atoms with E-state index in [2.05, 4.69) is 25.8 Å². The Morgan fingerprint density at radius 3 is 2.74 bits per heavy atom. The highest BCUT2D eigenvalue weighted by atomic mass is 32.2. The number of hydrogen-bond donors (Lipinski definition) is 0. The minimum absolute atomic E-state index is 0.163. The van der Waals surface area contributed by atoms with E-state index in [1.165, 1.54) is 5.56 Å². The molecule has 0 bridgehead atoms. The van der Waals surface area contributed by atoms with E-state index in [-0.39, 0.29) is 16.0 Å². The van der Waals surface area contributed by atoms with Crippen LogP contribution in [-0.4, -0.2) is 38.6 Å².